The Morgan fingerprint density at radius 3 is 2.38 bits per heavy atom. The van der Waals surface area contributed by atoms with Gasteiger partial charge in [0.15, 0.2) is 6.61 Å². The predicted octanol–water partition coefficient (Wildman–Crippen LogP) is 1.31. The first-order chi connectivity index (χ1) is 12.5. The highest BCUT2D eigenvalue weighted by atomic mass is 32.2. The molecule has 0 bridgehead atoms. The molecule has 0 spiro atoms. The Labute approximate surface area is 153 Å². The minimum Gasteiger partial charge on any atom is -0.484 e. The maximum Gasteiger partial charge on any atom is 0.258 e. The minimum atomic E-state index is -3.58. The smallest absolute Gasteiger partial charge is 0.258 e. The van der Waals surface area contributed by atoms with Crippen molar-refractivity contribution in [3.63, 3.8) is 0 Å². The van der Waals surface area contributed by atoms with Gasteiger partial charge in [-0.05, 0) is 29.8 Å². The number of hydrogen-bond donors (Lipinski definition) is 2. The summed E-state index contributed by atoms with van der Waals surface area (Å²) in [5, 5.41) is 2.75. The highest BCUT2D eigenvalue weighted by Gasteiger charge is 2.13. The number of carbonyl (C=O) groups is 1. The van der Waals surface area contributed by atoms with Crippen LogP contribution in [0, 0.1) is 0 Å². The van der Waals surface area contributed by atoms with E-state index in [1.807, 2.05) is 30.3 Å². The first-order valence-corrected chi connectivity index (χ1v) is 9.51. The standard InChI is InChI=1S/C18H22N2O5S/c1-24-12-11-20-26(22,23)17-9-7-16(8-10-17)25-14-18(21)19-13-15-5-3-2-4-6-15/h2-10,20H,11-14H2,1H3,(H,19,21). The molecule has 0 aliphatic heterocycles. The van der Waals surface area contributed by atoms with Crippen LogP contribution in [-0.4, -0.2) is 41.2 Å². The lowest BCUT2D eigenvalue weighted by Crippen LogP contribution is -2.28. The van der Waals surface area contributed by atoms with Gasteiger partial charge < -0.3 is 14.8 Å². The Morgan fingerprint density at radius 2 is 1.73 bits per heavy atom. The lowest BCUT2D eigenvalue weighted by molar-refractivity contribution is -0.123. The summed E-state index contributed by atoms with van der Waals surface area (Å²) < 4.78 is 36.7. The molecule has 0 radical (unpaired) electrons. The fraction of sp³-hybridized carbons (Fsp3) is 0.278. The third-order valence-corrected chi connectivity index (χ3v) is 4.91. The zero-order valence-electron chi connectivity index (χ0n) is 14.5. The van der Waals surface area contributed by atoms with E-state index in [0.717, 1.165) is 5.56 Å². The SMILES string of the molecule is COCCNS(=O)(=O)c1ccc(OCC(=O)NCc2ccccc2)cc1. The molecule has 2 aromatic carbocycles. The Morgan fingerprint density at radius 1 is 1.04 bits per heavy atom. The highest BCUT2D eigenvalue weighted by Crippen LogP contribution is 2.15. The van der Waals surface area contributed by atoms with Gasteiger partial charge in [0.1, 0.15) is 5.75 Å². The highest BCUT2D eigenvalue weighted by molar-refractivity contribution is 7.89. The Kier molecular flexibility index (Phi) is 7.58. The molecule has 0 aliphatic rings. The normalized spacial score (nSPS) is 11.1. The van der Waals surface area contributed by atoms with Gasteiger partial charge in [-0.15, -0.1) is 0 Å². The molecule has 0 heterocycles. The zero-order valence-corrected chi connectivity index (χ0v) is 15.3. The molecule has 0 saturated heterocycles. The van der Waals surface area contributed by atoms with E-state index in [0.29, 0.717) is 18.9 Å². The summed E-state index contributed by atoms with van der Waals surface area (Å²) >= 11 is 0. The van der Waals surface area contributed by atoms with E-state index in [2.05, 4.69) is 10.0 Å². The van der Waals surface area contributed by atoms with Gasteiger partial charge in [0.25, 0.3) is 5.91 Å². The van der Waals surface area contributed by atoms with Gasteiger partial charge in [0.05, 0.1) is 11.5 Å². The van der Waals surface area contributed by atoms with E-state index < -0.39 is 10.0 Å². The lowest BCUT2D eigenvalue weighted by atomic mass is 10.2. The van der Waals surface area contributed by atoms with Crippen LogP contribution in [0.15, 0.2) is 59.5 Å². The van der Waals surface area contributed by atoms with Crippen LogP contribution in [0.1, 0.15) is 5.56 Å². The van der Waals surface area contributed by atoms with Crippen molar-refractivity contribution in [2.75, 3.05) is 26.9 Å². The van der Waals surface area contributed by atoms with Crippen molar-refractivity contribution in [2.45, 2.75) is 11.4 Å². The summed E-state index contributed by atoms with van der Waals surface area (Å²) in [7, 11) is -2.09. The van der Waals surface area contributed by atoms with Crippen molar-refractivity contribution in [1.29, 1.82) is 0 Å². The van der Waals surface area contributed by atoms with Crippen LogP contribution in [0.4, 0.5) is 0 Å². The first-order valence-electron chi connectivity index (χ1n) is 8.03. The summed E-state index contributed by atoms with van der Waals surface area (Å²) in [6, 6.07) is 15.4. The zero-order chi connectivity index (χ0) is 18.8. The number of ether oxygens (including phenoxy) is 2. The van der Waals surface area contributed by atoms with Crippen LogP contribution in [0.25, 0.3) is 0 Å². The average Bonchev–Trinajstić information content (AvgIpc) is 2.66. The van der Waals surface area contributed by atoms with Crippen molar-refractivity contribution < 1.29 is 22.7 Å². The minimum absolute atomic E-state index is 0.120. The third-order valence-electron chi connectivity index (χ3n) is 3.43. The van der Waals surface area contributed by atoms with Crippen LogP contribution >= 0.6 is 0 Å². The van der Waals surface area contributed by atoms with Crippen molar-refractivity contribution in [1.82, 2.24) is 10.0 Å². The van der Waals surface area contributed by atoms with Crippen molar-refractivity contribution in [3.8, 4) is 5.75 Å². The van der Waals surface area contributed by atoms with Crippen molar-refractivity contribution in [2.24, 2.45) is 0 Å². The molecular weight excluding hydrogens is 356 g/mol. The largest absolute Gasteiger partial charge is 0.484 e. The maximum absolute atomic E-state index is 12.0. The summed E-state index contributed by atoms with van der Waals surface area (Å²) in [6.45, 7) is 0.759. The number of rotatable bonds is 10. The molecule has 0 unspecified atom stereocenters. The number of hydrogen-bond acceptors (Lipinski definition) is 5. The van der Waals surface area contributed by atoms with Crippen molar-refractivity contribution in [3.05, 3.63) is 60.2 Å². The number of amides is 1. The summed E-state index contributed by atoms with van der Waals surface area (Å²) in [5.74, 6) is 0.155. The third kappa shape index (κ3) is 6.47. The predicted molar refractivity (Wildman–Crippen MR) is 97.3 cm³/mol. The lowest BCUT2D eigenvalue weighted by Gasteiger charge is -2.09. The number of benzene rings is 2. The molecule has 0 fully saturated rings. The maximum atomic E-state index is 12.0. The van der Waals surface area contributed by atoms with Gasteiger partial charge in [-0.25, -0.2) is 13.1 Å². The molecule has 2 N–H and O–H groups in total. The molecule has 26 heavy (non-hydrogen) atoms. The second-order valence-corrected chi connectivity index (χ2v) is 7.18. The number of sulfonamides is 1. The van der Waals surface area contributed by atoms with Gasteiger partial charge in [0, 0.05) is 20.2 Å². The fourth-order valence-electron chi connectivity index (χ4n) is 2.07. The van der Waals surface area contributed by atoms with Gasteiger partial charge in [-0.2, -0.15) is 0 Å². The first kappa shape index (κ1) is 19.9. The molecule has 2 aromatic rings. The van der Waals surface area contributed by atoms with Gasteiger partial charge in [-0.3, -0.25) is 4.79 Å². The summed E-state index contributed by atoms with van der Waals surface area (Å²) in [6.07, 6.45) is 0. The van der Waals surface area contributed by atoms with Crippen LogP contribution in [0.5, 0.6) is 5.75 Å². The molecule has 0 saturated carbocycles. The Hall–Kier alpha value is -2.42. The molecule has 2 rings (SSSR count). The van der Waals surface area contributed by atoms with Gasteiger partial charge in [0.2, 0.25) is 10.0 Å². The molecule has 0 atom stereocenters. The summed E-state index contributed by atoms with van der Waals surface area (Å²) in [5.41, 5.74) is 0.997. The second-order valence-electron chi connectivity index (χ2n) is 5.41. The number of nitrogens with one attached hydrogen (secondary N) is 2. The summed E-state index contributed by atoms with van der Waals surface area (Å²) in [4.78, 5) is 11.9. The Bertz CT molecular complexity index is 792. The van der Waals surface area contributed by atoms with E-state index >= 15 is 0 Å². The van der Waals surface area contributed by atoms with E-state index in [4.69, 9.17) is 9.47 Å². The Balaban J connectivity index is 1.80. The molecule has 0 aromatic heterocycles. The van der Waals surface area contributed by atoms with E-state index in [1.165, 1.54) is 31.4 Å². The van der Waals surface area contributed by atoms with Crippen LogP contribution in [0.3, 0.4) is 0 Å². The molecule has 8 heteroatoms. The van der Waals surface area contributed by atoms with Crippen LogP contribution in [-0.2, 0) is 26.1 Å². The average molecular weight is 378 g/mol. The van der Waals surface area contributed by atoms with Crippen LogP contribution in [0.2, 0.25) is 0 Å². The quantitative estimate of drug-likeness (QED) is 0.608. The van der Waals surface area contributed by atoms with Crippen molar-refractivity contribution >= 4 is 15.9 Å². The monoisotopic (exact) mass is 378 g/mol. The topological polar surface area (TPSA) is 93.7 Å². The fourth-order valence-corrected chi connectivity index (χ4v) is 3.09. The molecule has 0 aliphatic carbocycles. The van der Waals surface area contributed by atoms with E-state index in [-0.39, 0.29) is 24.0 Å². The molecule has 1 amide bonds. The molecular formula is C18H22N2O5S. The molecule has 140 valence electrons. The van der Waals surface area contributed by atoms with Crippen LogP contribution < -0.4 is 14.8 Å². The number of methoxy groups -OCH3 is 1. The van der Waals surface area contributed by atoms with Gasteiger partial charge >= 0.3 is 0 Å². The molecule has 7 nitrogen and oxygen atoms in total. The second kappa shape index (κ2) is 9.91. The number of carbonyl (C=O) groups excluding carboxylic acids is 1. The van der Waals surface area contributed by atoms with Gasteiger partial charge in [-0.1, -0.05) is 30.3 Å². The van der Waals surface area contributed by atoms with E-state index in [1.54, 1.807) is 0 Å². The van der Waals surface area contributed by atoms with E-state index in [9.17, 15) is 13.2 Å².